The van der Waals surface area contributed by atoms with E-state index >= 15 is 0 Å². The second-order valence-corrected chi connectivity index (χ2v) is 7.28. The van der Waals surface area contributed by atoms with E-state index in [0.717, 1.165) is 9.50 Å². The number of rotatable bonds is 4. The van der Waals surface area contributed by atoms with Crippen molar-refractivity contribution in [2.45, 2.75) is 51.7 Å². The Kier molecular flexibility index (Phi) is 5.91. The van der Waals surface area contributed by atoms with Gasteiger partial charge in [0.05, 0.1) is 0 Å². The summed E-state index contributed by atoms with van der Waals surface area (Å²) >= 11 is 9.78. The van der Waals surface area contributed by atoms with Gasteiger partial charge >= 0.3 is 0 Å². The lowest BCUT2D eigenvalue weighted by Gasteiger charge is -2.36. The van der Waals surface area contributed by atoms with Gasteiger partial charge < -0.3 is 10.2 Å². The van der Waals surface area contributed by atoms with E-state index in [1.807, 2.05) is 6.07 Å². The minimum atomic E-state index is 0.297. The molecule has 1 fully saturated rings. The van der Waals surface area contributed by atoms with Gasteiger partial charge in [0, 0.05) is 27.6 Å². The Labute approximate surface area is 136 Å². The van der Waals surface area contributed by atoms with Crippen molar-refractivity contribution in [1.82, 2.24) is 10.2 Å². The molecule has 0 spiro atoms. The minimum Gasteiger partial charge on any atom is -0.307 e. The third-order valence-electron chi connectivity index (χ3n) is 4.17. The minimum absolute atomic E-state index is 0.297. The topological polar surface area (TPSA) is 15.3 Å². The molecular weight excluding hydrogens is 336 g/mol. The van der Waals surface area contributed by atoms with Gasteiger partial charge in [-0.25, -0.2) is 0 Å². The molecule has 0 radical (unpaired) electrons. The molecule has 112 valence electrons. The molecule has 0 aliphatic carbocycles. The van der Waals surface area contributed by atoms with Crippen molar-refractivity contribution >= 4 is 27.5 Å². The maximum absolute atomic E-state index is 6.33. The highest BCUT2D eigenvalue weighted by Crippen LogP contribution is 2.27. The van der Waals surface area contributed by atoms with E-state index < -0.39 is 0 Å². The predicted molar refractivity (Wildman–Crippen MR) is 90.4 cm³/mol. The standard InChI is InChI=1S/C16H24BrClN2/c1-11(2)20-8-6-14(7-9-20)19-12(3)15-5-4-13(17)10-16(15)18/h4-5,10-12,14,19H,6-9H2,1-3H3. The number of benzene rings is 1. The monoisotopic (exact) mass is 358 g/mol. The van der Waals surface area contributed by atoms with Gasteiger partial charge in [-0.1, -0.05) is 33.6 Å². The summed E-state index contributed by atoms with van der Waals surface area (Å²) in [4.78, 5) is 2.55. The largest absolute Gasteiger partial charge is 0.307 e. The van der Waals surface area contributed by atoms with Crippen molar-refractivity contribution in [2.24, 2.45) is 0 Å². The summed E-state index contributed by atoms with van der Waals surface area (Å²) in [5.41, 5.74) is 1.18. The average Bonchev–Trinajstić information content (AvgIpc) is 2.39. The third kappa shape index (κ3) is 4.20. The molecule has 20 heavy (non-hydrogen) atoms. The summed E-state index contributed by atoms with van der Waals surface area (Å²) < 4.78 is 1.03. The summed E-state index contributed by atoms with van der Waals surface area (Å²) in [5.74, 6) is 0. The predicted octanol–water partition coefficient (Wildman–Crippen LogP) is 4.63. The summed E-state index contributed by atoms with van der Waals surface area (Å²) in [7, 11) is 0. The maximum Gasteiger partial charge on any atom is 0.0464 e. The first-order valence-corrected chi connectivity index (χ1v) is 8.59. The fraction of sp³-hybridized carbons (Fsp3) is 0.625. The van der Waals surface area contributed by atoms with Crippen LogP contribution in [0.15, 0.2) is 22.7 Å². The Morgan fingerprint density at radius 3 is 2.45 bits per heavy atom. The highest BCUT2D eigenvalue weighted by molar-refractivity contribution is 9.10. The summed E-state index contributed by atoms with van der Waals surface area (Å²) in [6.45, 7) is 9.13. The first kappa shape index (κ1) is 16.3. The zero-order valence-electron chi connectivity index (χ0n) is 12.5. The Hall–Kier alpha value is -0.0900. The van der Waals surface area contributed by atoms with Crippen LogP contribution in [0, 0.1) is 0 Å². The highest BCUT2D eigenvalue weighted by Gasteiger charge is 2.22. The second kappa shape index (κ2) is 7.26. The SMILES string of the molecule is CC(NC1CCN(C(C)C)CC1)c1ccc(Br)cc1Cl. The molecule has 1 unspecified atom stereocenters. The maximum atomic E-state index is 6.33. The lowest BCUT2D eigenvalue weighted by atomic mass is 10.0. The molecule has 1 N–H and O–H groups in total. The zero-order valence-corrected chi connectivity index (χ0v) is 14.8. The lowest BCUT2D eigenvalue weighted by Crippen LogP contribution is -2.45. The van der Waals surface area contributed by atoms with E-state index in [0.29, 0.717) is 18.1 Å². The third-order valence-corrected chi connectivity index (χ3v) is 5.00. The number of hydrogen-bond acceptors (Lipinski definition) is 2. The number of nitrogens with one attached hydrogen (secondary N) is 1. The van der Waals surface area contributed by atoms with Crippen molar-refractivity contribution in [3.63, 3.8) is 0 Å². The molecule has 2 nitrogen and oxygen atoms in total. The van der Waals surface area contributed by atoms with Crippen LogP contribution in [-0.2, 0) is 0 Å². The number of hydrogen-bond donors (Lipinski definition) is 1. The van der Waals surface area contributed by atoms with Gasteiger partial charge in [0.2, 0.25) is 0 Å². The molecule has 1 saturated heterocycles. The number of piperidine rings is 1. The first-order valence-electron chi connectivity index (χ1n) is 7.42. The molecule has 4 heteroatoms. The van der Waals surface area contributed by atoms with Gasteiger partial charge in [-0.15, -0.1) is 0 Å². The molecule has 0 aromatic heterocycles. The van der Waals surface area contributed by atoms with Gasteiger partial charge in [-0.2, -0.15) is 0 Å². The van der Waals surface area contributed by atoms with E-state index in [1.54, 1.807) is 0 Å². The number of halogens is 2. The smallest absolute Gasteiger partial charge is 0.0464 e. The van der Waals surface area contributed by atoms with Crippen molar-refractivity contribution in [1.29, 1.82) is 0 Å². The number of likely N-dealkylation sites (tertiary alicyclic amines) is 1. The van der Waals surface area contributed by atoms with Gasteiger partial charge in [-0.05, 0) is 64.4 Å². The van der Waals surface area contributed by atoms with Crippen molar-refractivity contribution in [2.75, 3.05) is 13.1 Å². The van der Waals surface area contributed by atoms with E-state index in [2.05, 4.69) is 59.1 Å². The Balaban J connectivity index is 1.90. The first-order chi connectivity index (χ1) is 9.47. The van der Waals surface area contributed by atoms with Gasteiger partial charge in [0.15, 0.2) is 0 Å². The molecule has 0 saturated carbocycles. The molecule has 0 amide bonds. The Bertz CT molecular complexity index is 442. The molecule has 1 heterocycles. The van der Waals surface area contributed by atoms with Crippen molar-refractivity contribution in [3.05, 3.63) is 33.3 Å². The molecule has 0 bridgehead atoms. The fourth-order valence-corrected chi connectivity index (χ4v) is 3.72. The zero-order chi connectivity index (χ0) is 14.7. The van der Waals surface area contributed by atoms with Crippen LogP contribution < -0.4 is 5.32 Å². The van der Waals surface area contributed by atoms with Crippen LogP contribution in [0.3, 0.4) is 0 Å². The molecule has 1 aliphatic heterocycles. The quantitative estimate of drug-likeness (QED) is 0.843. The molecule has 2 rings (SSSR count). The van der Waals surface area contributed by atoms with E-state index in [-0.39, 0.29) is 0 Å². The lowest BCUT2D eigenvalue weighted by molar-refractivity contribution is 0.157. The average molecular weight is 360 g/mol. The van der Waals surface area contributed by atoms with Crippen molar-refractivity contribution < 1.29 is 0 Å². The molecule has 1 aliphatic rings. The van der Waals surface area contributed by atoms with E-state index in [4.69, 9.17) is 11.6 Å². The summed E-state index contributed by atoms with van der Waals surface area (Å²) in [5, 5.41) is 4.56. The van der Waals surface area contributed by atoms with E-state index in [9.17, 15) is 0 Å². The van der Waals surface area contributed by atoms with Gasteiger partial charge in [0.25, 0.3) is 0 Å². The summed E-state index contributed by atoms with van der Waals surface area (Å²) in [6, 6.07) is 7.69. The Morgan fingerprint density at radius 2 is 1.90 bits per heavy atom. The van der Waals surface area contributed by atoms with Crippen molar-refractivity contribution in [3.8, 4) is 0 Å². The molecule has 1 atom stereocenters. The molecule has 1 aromatic carbocycles. The second-order valence-electron chi connectivity index (χ2n) is 5.96. The molecular formula is C16H24BrClN2. The van der Waals surface area contributed by atoms with Crippen LogP contribution in [0.5, 0.6) is 0 Å². The van der Waals surface area contributed by atoms with Crippen LogP contribution in [0.4, 0.5) is 0 Å². The van der Waals surface area contributed by atoms with Crippen LogP contribution in [-0.4, -0.2) is 30.1 Å². The number of nitrogens with zero attached hydrogens (tertiary/aromatic N) is 1. The Morgan fingerprint density at radius 1 is 1.25 bits per heavy atom. The normalized spacial score (nSPS) is 19.5. The van der Waals surface area contributed by atoms with Crippen LogP contribution >= 0.6 is 27.5 Å². The van der Waals surface area contributed by atoms with Gasteiger partial charge in [0.1, 0.15) is 0 Å². The fourth-order valence-electron chi connectivity index (χ4n) is 2.88. The van der Waals surface area contributed by atoms with Gasteiger partial charge in [-0.3, -0.25) is 0 Å². The summed E-state index contributed by atoms with van der Waals surface area (Å²) in [6.07, 6.45) is 2.44. The van der Waals surface area contributed by atoms with Crippen LogP contribution in [0.25, 0.3) is 0 Å². The van der Waals surface area contributed by atoms with Crippen LogP contribution in [0.1, 0.15) is 45.2 Å². The highest BCUT2D eigenvalue weighted by atomic mass is 79.9. The molecule has 1 aromatic rings. The van der Waals surface area contributed by atoms with Crippen LogP contribution in [0.2, 0.25) is 5.02 Å². The van der Waals surface area contributed by atoms with E-state index in [1.165, 1.54) is 31.5 Å².